The SMILES string of the molecule is CCC1CCC(NCc2ccc(SC(F)(F)F)cc2)CC1. The van der Waals surface area contributed by atoms with Crippen molar-refractivity contribution in [3.05, 3.63) is 29.8 Å². The van der Waals surface area contributed by atoms with Gasteiger partial charge in [-0.1, -0.05) is 25.5 Å². The second-order valence-electron chi connectivity index (χ2n) is 5.70. The molecule has 118 valence electrons. The molecule has 1 aromatic rings. The lowest BCUT2D eigenvalue weighted by Crippen LogP contribution is -2.32. The molecule has 2 rings (SSSR count). The van der Waals surface area contributed by atoms with E-state index in [2.05, 4.69) is 12.2 Å². The third-order valence-electron chi connectivity index (χ3n) is 4.18. The van der Waals surface area contributed by atoms with Gasteiger partial charge in [0.25, 0.3) is 0 Å². The van der Waals surface area contributed by atoms with Crippen LogP contribution in [0.1, 0.15) is 44.6 Å². The Morgan fingerprint density at radius 2 is 1.71 bits per heavy atom. The lowest BCUT2D eigenvalue weighted by molar-refractivity contribution is -0.0328. The molecular weight excluding hydrogens is 295 g/mol. The molecule has 1 aliphatic rings. The van der Waals surface area contributed by atoms with Crippen molar-refractivity contribution in [3.8, 4) is 0 Å². The lowest BCUT2D eigenvalue weighted by atomic mass is 9.84. The van der Waals surface area contributed by atoms with E-state index in [1.807, 2.05) is 0 Å². The minimum absolute atomic E-state index is 0.0621. The van der Waals surface area contributed by atoms with Gasteiger partial charge in [0.2, 0.25) is 0 Å². The normalized spacial score (nSPS) is 23.2. The highest BCUT2D eigenvalue weighted by Gasteiger charge is 2.29. The zero-order chi connectivity index (χ0) is 15.3. The van der Waals surface area contributed by atoms with Gasteiger partial charge in [0.1, 0.15) is 0 Å². The van der Waals surface area contributed by atoms with E-state index in [0.717, 1.165) is 18.0 Å². The van der Waals surface area contributed by atoms with Crippen molar-refractivity contribution in [3.63, 3.8) is 0 Å². The first-order valence-electron chi connectivity index (χ1n) is 7.54. The highest BCUT2D eigenvalue weighted by Crippen LogP contribution is 2.36. The van der Waals surface area contributed by atoms with Crippen LogP contribution in [0.2, 0.25) is 0 Å². The molecule has 1 nitrogen and oxygen atoms in total. The van der Waals surface area contributed by atoms with Crippen molar-refractivity contribution in [2.24, 2.45) is 5.92 Å². The third kappa shape index (κ3) is 5.91. The van der Waals surface area contributed by atoms with Gasteiger partial charge in [0.15, 0.2) is 0 Å². The summed E-state index contributed by atoms with van der Waals surface area (Å²) in [6, 6.07) is 7.20. The van der Waals surface area contributed by atoms with E-state index in [9.17, 15) is 13.2 Å². The number of hydrogen-bond donors (Lipinski definition) is 1. The third-order valence-corrected chi connectivity index (χ3v) is 4.92. The average Bonchev–Trinajstić information content (AvgIpc) is 2.45. The molecule has 0 radical (unpaired) electrons. The van der Waals surface area contributed by atoms with E-state index in [1.54, 1.807) is 24.3 Å². The second-order valence-corrected chi connectivity index (χ2v) is 6.84. The average molecular weight is 317 g/mol. The van der Waals surface area contributed by atoms with Crippen LogP contribution in [0.25, 0.3) is 0 Å². The quantitative estimate of drug-likeness (QED) is 0.734. The summed E-state index contributed by atoms with van der Waals surface area (Å²) in [7, 11) is 0. The Hall–Kier alpha value is -0.680. The Kier molecular flexibility index (Phi) is 5.99. The fourth-order valence-electron chi connectivity index (χ4n) is 2.85. The first-order chi connectivity index (χ1) is 9.96. The number of halogens is 3. The summed E-state index contributed by atoms with van der Waals surface area (Å²) in [5.74, 6) is 0.877. The van der Waals surface area contributed by atoms with Crippen molar-refractivity contribution < 1.29 is 13.2 Å². The molecule has 0 atom stereocenters. The Labute approximate surface area is 128 Å². The Morgan fingerprint density at radius 3 is 2.24 bits per heavy atom. The smallest absolute Gasteiger partial charge is 0.310 e. The van der Waals surface area contributed by atoms with Gasteiger partial charge in [0.05, 0.1) is 0 Å². The largest absolute Gasteiger partial charge is 0.446 e. The van der Waals surface area contributed by atoms with Gasteiger partial charge in [-0.05, 0) is 61.1 Å². The molecule has 1 aliphatic carbocycles. The maximum Gasteiger partial charge on any atom is 0.446 e. The van der Waals surface area contributed by atoms with Crippen LogP contribution in [-0.2, 0) is 6.54 Å². The molecule has 0 spiro atoms. The molecule has 0 heterocycles. The molecule has 0 amide bonds. The molecule has 5 heteroatoms. The van der Waals surface area contributed by atoms with E-state index in [1.165, 1.54) is 32.1 Å². The van der Waals surface area contributed by atoms with E-state index in [4.69, 9.17) is 0 Å². The van der Waals surface area contributed by atoms with Crippen molar-refractivity contribution in [2.45, 2.75) is 62.0 Å². The molecule has 1 N–H and O–H groups in total. The van der Waals surface area contributed by atoms with Crippen LogP contribution in [0.15, 0.2) is 29.2 Å². The number of benzene rings is 1. The lowest BCUT2D eigenvalue weighted by Gasteiger charge is -2.28. The first kappa shape index (κ1) is 16.7. The van der Waals surface area contributed by atoms with Crippen molar-refractivity contribution in [1.29, 1.82) is 0 Å². The van der Waals surface area contributed by atoms with Crippen LogP contribution in [0.4, 0.5) is 13.2 Å². The Morgan fingerprint density at radius 1 is 1.10 bits per heavy atom. The fourth-order valence-corrected chi connectivity index (χ4v) is 3.39. The van der Waals surface area contributed by atoms with Crippen LogP contribution in [0.5, 0.6) is 0 Å². The standard InChI is InChI=1S/C16H22F3NS/c1-2-12-3-7-14(8-4-12)20-11-13-5-9-15(10-6-13)21-16(17,18)19/h5-6,9-10,12,14,20H,2-4,7-8,11H2,1H3. The highest BCUT2D eigenvalue weighted by atomic mass is 32.2. The van der Waals surface area contributed by atoms with Gasteiger partial charge in [-0.15, -0.1) is 0 Å². The second kappa shape index (κ2) is 7.54. The first-order valence-corrected chi connectivity index (χ1v) is 8.36. The number of thioether (sulfide) groups is 1. The molecule has 1 aromatic carbocycles. The maximum atomic E-state index is 12.2. The van der Waals surface area contributed by atoms with Gasteiger partial charge in [-0.3, -0.25) is 0 Å². The predicted molar refractivity (Wildman–Crippen MR) is 81.2 cm³/mol. The van der Waals surface area contributed by atoms with Gasteiger partial charge >= 0.3 is 5.51 Å². The summed E-state index contributed by atoms with van der Waals surface area (Å²) < 4.78 is 36.7. The minimum atomic E-state index is -4.21. The van der Waals surface area contributed by atoms with E-state index >= 15 is 0 Å². The summed E-state index contributed by atoms with van der Waals surface area (Å²) in [6.45, 7) is 2.98. The zero-order valence-corrected chi connectivity index (χ0v) is 13.1. The van der Waals surface area contributed by atoms with E-state index in [0.29, 0.717) is 6.04 Å². The van der Waals surface area contributed by atoms with Crippen LogP contribution in [-0.4, -0.2) is 11.6 Å². The van der Waals surface area contributed by atoms with Crippen LogP contribution >= 0.6 is 11.8 Å². The zero-order valence-electron chi connectivity index (χ0n) is 12.2. The van der Waals surface area contributed by atoms with Crippen molar-refractivity contribution >= 4 is 11.8 Å². The molecule has 0 aromatic heterocycles. The van der Waals surface area contributed by atoms with Gasteiger partial charge < -0.3 is 5.32 Å². The molecular formula is C16H22F3NS. The topological polar surface area (TPSA) is 12.0 Å². The summed E-state index contributed by atoms with van der Waals surface area (Å²) in [5.41, 5.74) is -3.17. The summed E-state index contributed by atoms with van der Waals surface area (Å²) in [5, 5.41) is 3.52. The number of nitrogens with one attached hydrogen (secondary N) is 1. The van der Waals surface area contributed by atoms with Crippen molar-refractivity contribution in [2.75, 3.05) is 0 Å². The Balaban J connectivity index is 1.76. The summed E-state index contributed by atoms with van der Waals surface area (Å²) in [6.07, 6.45) is 6.26. The predicted octanol–water partition coefficient (Wildman–Crippen LogP) is 5.36. The minimum Gasteiger partial charge on any atom is -0.310 e. The van der Waals surface area contributed by atoms with Crippen molar-refractivity contribution in [1.82, 2.24) is 5.32 Å². The molecule has 0 aliphatic heterocycles. The fraction of sp³-hybridized carbons (Fsp3) is 0.625. The van der Waals surface area contributed by atoms with Crippen LogP contribution in [0, 0.1) is 5.92 Å². The van der Waals surface area contributed by atoms with Gasteiger partial charge in [0, 0.05) is 17.5 Å². The van der Waals surface area contributed by atoms with Gasteiger partial charge in [-0.25, -0.2) is 0 Å². The molecule has 21 heavy (non-hydrogen) atoms. The molecule has 1 fully saturated rings. The van der Waals surface area contributed by atoms with Gasteiger partial charge in [-0.2, -0.15) is 13.2 Å². The molecule has 0 bridgehead atoms. The van der Waals surface area contributed by atoms with Crippen LogP contribution in [0.3, 0.4) is 0 Å². The van der Waals surface area contributed by atoms with E-state index in [-0.39, 0.29) is 16.7 Å². The monoisotopic (exact) mass is 317 g/mol. The number of rotatable bonds is 5. The number of hydrogen-bond acceptors (Lipinski definition) is 2. The van der Waals surface area contributed by atoms with E-state index < -0.39 is 5.51 Å². The number of alkyl halides is 3. The summed E-state index contributed by atoms with van der Waals surface area (Å²) in [4.78, 5) is 0.245. The molecule has 0 unspecified atom stereocenters. The summed E-state index contributed by atoms with van der Waals surface area (Å²) >= 11 is -0.0621. The highest BCUT2D eigenvalue weighted by molar-refractivity contribution is 8.00. The maximum absolute atomic E-state index is 12.2. The van der Waals surface area contributed by atoms with Crippen LogP contribution < -0.4 is 5.32 Å². The Bertz CT molecular complexity index is 422. The molecule has 1 saturated carbocycles. The molecule has 0 saturated heterocycles.